The zero-order valence-corrected chi connectivity index (χ0v) is 65.4. The molecule has 0 fully saturated rings. The standard InChI is InChI=1S/C98H96BN3Si2/c1-94(2,3)67-51-55-85-81(61-67)82-62-68(95(4,5)6)52-56-86(82)100(85)73-64-90-93-91(65-73)102(88-48-34-35-49-92(88)104(77-42-28-19-29-43-77,78-44-30-20-31-45-78)79-46-32-21-33-47-79)89-63-69(96(7,8)9)50-54-83(89)99(93)84-66-80(53-57-87(84)101(90)72-59-70(97(10,11)12)58-71(60-72)98(13,14)15)103(74-36-22-16-23-37-74,75-38-24-17-25-39-75)76-40-26-18-27-41-76/h16-66H,1-15H3. The molecule has 2 aliphatic rings. The van der Waals surface area contributed by atoms with Crippen molar-refractivity contribution in [3.8, 4) is 5.69 Å². The number of fused-ring (bicyclic) bond motifs is 7. The molecular formula is C98H96BN3Si2. The van der Waals surface area contributed by atoms with E-state index >= 15 is 0 Å². The van der Waals surface area contributed by atoms with Crippen molar-refractivity contribution in [3.05, 3.63) is 337 Å². The summed E-state index contributed by atoms with van der Waals surface area (Å²) < 4.78 is 2.62. The Morgan fingerprint density at radius 3 is 1.04 bits per heavy atom. The minimum absolute atomic E-state index is 0.0765. The van der Waals surface area contributed by atoms with E-state index in [-0.39, 0.29) is 33.8 Å². The number of rotatable bonds is 11. The summed E-state index contributed by atoms with van der Waals surface area (Å²) in [5.74, 6) is 0. The zero-order valence-electron chi connectivity index (χ0n) is 63.4. The lowest BCUT2D eigenvalue weighted by molar-refractivity contribution is 0.568. The topological polar surface area (TPSA) is 11.4 Å². The molecule has 16 rings (SSSR count). The second-order valence-corrected chi connectivity index (χ2v) is 42.2. The van der Waals surface area contributed by atoms with Gasteiger partial charge in [0.25, 0.3) is 6.71 Å². The van der Waals surface area contributed by atoms with Crippen LogP contribution in [0.3, 0.4) is 0 Å². The Morgan fingerprint density at radius 2 is 0.615 bits per heavy atom. The third-order valence-electron chi connectivity index (χ3n) is 22.8. The van der Waals surface area contributed by atoms with Gasteiger partial charge in [-0.2, -0.15) is 0 Å². The maximum Gasteiger partial charge on any atom is 0.252 e. The predicted octanol–water partition coefficient (Wildman–Crippen LogP) is 18.1. The van der Waals surface area contributed by atoms with Gasteiger partial charge >= 0.3 is 0 Å². The molecule has 0 saturated carbocycles. The number of anilines is 6. The van der Waals surface area contributed by atoms with Gasteiger partial charge in [0.2, 0.25) is 0 Å². The highest BCUT2D eigenvalue weighted by molar-refractivity contribution is 7.21. The molecule has 0 N–H and O–H groups in total. The minimum Gasteiger partial charge on any atom is -0.311 e. The Morgan fingerprint density at radius 1 is 0.240 bits per heavy atom. The SMILES string of the molecule is CC(C)(C)c1cc(N2c3ccc([Si](c4ccccc4)(c4ccccc4)c4ccccc4)cc3B3c4ccc(C(C)(C)C)cc4N(c4ccccc4[Si](c4ccccc4)(c4ccccc4)c4ccccc4)c4cc(-n5c6ccc(C(C)(C)C)cc6c6cc(C(C)(C)C)ccc65)cc2c43)cc(C(C)(C)C)c1. The molecule has 514 valence electrons. The van der Waals surface area contributed by atoms with Gasteiger partial charge in [-0.15, -0.1) is 0 Å². The van der Waals surface area contributed by atoms with Crippen LogP contribution in [-0.4, -0.2) is 27.4 Å². The van der Waals surface area contributed by atoms with Gasteiger partial charge in [-0.05, 0) is 180 Å². The monoisotopic (exact) mass is 1380 g/mol. The molecule has 14 aromatic rings. The van der Waals surface area contributed by atoms with E-state index in [2.05, 4.69) is 428 Å². The van der Waals surface area contributed by atoms with E-state index < -0.39 is 16.1 Å². The van der Waals surface area contributed by atoms with Crippen molar-refractivity contribution in [2.45, 2.75) is 131 Å². The molecule has 13 aromatic carbocycles. The van der Waals surface area contributed by atoms with Crippen LogP contribution in [0.15, 0.2) is 309 Å². The van der Waals surface area contributed by atoms with Gasteiger partial charge in [-0.25, -0.2) is 0 Å². The Bertz CT molecular complexity index is 5280. The molecule has 0 amide bonds. The average Bonchev–Trinajstić information content (AvgIpc) is 0.772. The molecule has 104 heavy (non-hydrogen) atoms. The molecule has 0 saturated heterocycles. The summed E-state index contributed by atoms with van der Waals surface area (Å²) in [4.78, 5) is 5.49. The van der Waals surface area contributed by atoms with Crippen LogP contribution in [0.5, 0.6) is 0 Å². The van der Waals surface area contributed by atoms with Gasteiger partial charge in [0.05, 0.1) is 16.7 Å². The van der Waals surface area contributed by atoms with E-state index in [1.165, 1.54) is 136 Å². The third kappa shape index (κ3) is 11.3. The van der Waals surface area contributed by atoms with E-state index in [1.807, 2.05) is 0 Å². The van der Waals surface area contributed by atoms with Crippen LogP contribution in [0.2, 0.25) is 0 Å². The number of hydrogen-bond donors (Lipinski definition) is 0. The molecule has 3 nitrogen and oxygen atoms in total. The molecule has 0 spiro atoms. The second-order valence-electron chi connectivity index (χ2n) is 34.6. The van der Waals surface area contributed by atoms with E-state index in [0.717, 1.165) is 11.4 Å². The zero-order chi connectivity index (χ0) is 72.5. The van der Waals surface area contributed by atoms with Crippen LogP contribution in [0, 0.1) is 0 Å². The van der Waals surface area contributed by atoms with Crippen LogP contribution < -0.4 is 67.7 Å². The number of hydrogen-bond acceptors (Lipinski definition) is 2. The summed E-state index contributed by atoms with van der Waals surface area (Å²) in [5.41, 5.74) is 20.2. The normalized spacial score (nSPS) is 13.5. The minimum atomic E-state index is -3.28. The van der Waals surface area contributed by atoms with E-state index in [9.17, 15) is 0 Å². The van der Waals surface area contributed by atoms with Crippen molar-refractivity contribution < 1.29 is 0 Å². The van der Waals surface area contributed by atoms with E-state index in [1.54, 1.807) is 0 Å². The van der Waals surface area contributed by atoms with Crippen molar-refractivity contribution in [2.24, 2.45) is 0 Å². The van der Waals surface area contributed by atoms with Crippen LogP contribution in [-0.2, 0) is 27.1 Å². The first-order valence-electron chi connectivity index (χ1n) is 37.5. The Kier molecular flexibility index (Phi) is 16.6. The summed E-state index contributed by atoms with van der Waals surface area (Å²) >= 11 is 0. The highest BCUT2D eigenvalue weighted by Gasteiger charge is 2.50. The van der Waals surface area contributed by atoms with Crippen molar-refractivity contribution in [2.75, 3.05) is 9.80 Å². The Labute approximate surface area is 620 Å². The van der Waals surface area contributed by atoms with Crippen molar-refractivity contribution in [3.63, 3.8) is 0 Å². The maximum atomic E-state index is 2.77. The molecule has 0 radical (unpaired) electrons. The molecule has 3 heterocycles. The van der Waals surface area contributed by atoms with Crippen molar-refractivity contribution >= 4 is 137 Å². The van der Waals surface area contributed by atoms with Crippen molar-refractivity contribution in [1.29, 1.82) is 0 Å². The van der Waals surface area contributed by atoms with Gasteiger partial charge in [0, 0.05) is 44.9 Å². The fourth-order valence-corrected chi connectivity index (χ4v) is 27.0. The number of nitrogens with zero attached hydrogens (tertiary/aromatic N) is 3. The van der Waals surface area contributed by atoms with Crippen LogP contribution in [0.4, 0.5) is 34.1 Å². The molecule has 1 aromatic heterocycles. The quantitative estimate of drug-likeness (QED) is 0.0944. The fourth-order valence-electron chi connectivity index (χ4n) is 17.3. The van der Waals surface area contributed by atoms with Gasteiger partial charge < -0.3 is 14.4 Å². The summed E-state index contributed by atoms with van der Waals surface area (Å²) in [6.07, 6.45) is 0. The molecule has 2 aliphatic heterocycles. The Hall–Kier alpha value is -10.2. The van der Waals surface area contributed by atoms with Gasteiger partial charge in [0.15, 0.2) is 16.1 Å². The highest BCUT2D eigenvalue weighted by atomic mass is 28.3. The molecule has 0 atom stereocenters. The third-order valence-corrected chi connectivity index (χ3v) is 32.4. The van der Waals surface area contributed by atoms with Crippen LogP contribution in [0.1, 0.15) is 132 Å². The fraction of sp³-hybridized carbons (Fsp3) is 0.204. The molecular weight excluding hydrogens is 1290 g/mol. The van der Waals surface area contributed by atoms with Crippen molar-refractivity contribution in [1.82, 2.24) is 4.57 Å². The van der Waals surface area contributed by atoms with E-state index in [4.69, 9.17) is 0 Å². The summed E-state index contributed by atoms with van der Waals surface area (Å²) in [6, 6.07) is 121. The van der Waals surface area contributed by atoms with Gasteiger partial charge in [0.1, 0.15) is 0 Å². The Balaban J connectivity index is 1.12. The predicted molar refractivity (Wildman–Crippen MR) is 456 cm³/mol. The summed E-state index contributed by atoms with van der Waals surface area (Å²) in [7, 11) is -6.41. The lowest BCUT2D eigenvalue weighted by atomic mass is 9.33. The largest absolute Gasteiger partial charge is 0.311 e. The molecule has 0 aliphatic carbocycles. The lowest BCUT2D eigenvalue weighted by Gasteiger charge is -2.47. The number of benzene rings is 13. The molecule has 0 unspecified atom stereocenters. The first-order valence-corrected chi connectivity index (χ1v) is 41.5. The number of aromatic nitrogens is 1. The summed E-state index contributed by atoms with van der Waals surface area (Å²) in [5, 5.41) is 13.2. The lowest BCUT2D eigenvalue weighted by Crippen LogP contribution is -2.75. The summed E-state index contributed by atoms with van der Waals surface area (Å²) in [6.45, 7) is 35.3. The van der Waals surface area contributed by atoms with E-state index in [0.29, 0.717) is 0 Å². The second kappa shape index (κ2) is 25.3. The average molecular weight is 1380 g/mol. The number of para-hydroxylation sites is 1. The van der Waals surface area contributed by atoms with Gasteiger partial charge in [-0.3, -0.25) is 0 Å². The van der Waals surface area contributed by atoms with Crippen LogP contribution >= 0.6 is 0 Å². The molecule has 6 heteroatoms. The van der Waals surface area contributed by atoms with Gasteiger partial charge in [-0.1, -0.05) is 347 Å². The maximum absolute atomic E-state index is 3.28. The smallest absolute Gasteiger partial charge is 0.252 e. The first-order chi connectivity index (χ1) is 49.7. The highest BCUT2D eigenvalue weighted by Crippen LogP contribution is 2.49. The first kappa shape index (κ1) is 68.2. The molecule has 0 bridgehead atoms. The van der Waals surface area contributed by atoms with Crippen LogP contribution in [0.25, 0.3) is 27.5 Å².